The van der Waals surface area contributed by atoms with Crippen molar-refractivity contribution in [2.75, 3.05) is 0 Å². The van der Waals surface area contributed by atoms with E-state index in [4.69, 9.17) is 6.42 Å². The van der Waals surface area contributed by atoms with E-state index in [0.717, 1.165) is 11.5 Å². The molecular weight excluding hydrogens is 240 g/mol. The minimum Gasteiger partial charge on any atom is -0.115 e. The van der Waals surface area contributed by atoms with Crippen LogP contribution in [0, 0.1) is 12.3 Å². The zero-order valence-corrected chi connectivity index (χ0v) is 13.3. The maximum Gasteiger partial charge on any atom is 0.0242 e. The van der Waals surface area contributed by atoms with Crippen molar-refractivity contribution in [3.63, 3.8) is 0 Å². The first-order chi connectivity index (χ1) is 9.81. The van der Waals surface area contributed by atoms with E-state index in [1.54, 1.807) is 0 Å². The molecule has 0 heteroatoms. The van der Waals surface area contributed by atoms with Crippen LogP contribution in [0.15, 0.2) is 24.3 Å². The molecule has 0 bridgehead atoms. The highest BCUT2D eigenvalue weighted by Crippen LogP contribution is 2.28. The summed E-state index contributed by atoms with van der Waals surface area (Å²) in [5.74, 6) is 3.43. The van der Waals surface area contributed by atoms with Crippen molar-refractivity contribution in [2.45, 2.75) is 77.6 Å². The van der Waals surface area contributed by atoms with E-state index in [1.165, 1.54) is 63.4 Å². The number of hydrogen-bond acceptors (Lipinski definition) is 0. The Kier molecular flexibility index (Phi) is 8.88. The number of terminal acetylenes is 1. The van der Waals surface area contributed by atoms with E-state index < -0.39 is 0 Å². The largest absolute Gasteiger partial charge is 0.115 e. The number of rotatable bonds is 10. The molecule has 20 heavy (non-hydrogen) atoms. The second-order valence-corrected chi connectivity index (χ2v) is 5.81. The summed E-state index contributed by atoms with van der Waals surface area (Å²) in [5.41, 5.74) is 2.48. The fourth-order valence-electron chi connectivity index (χ4n) is 2.79. The Morgan fingerprint density at radius 2 is 1.40 bits per heavy atom. The van der Waals surface area contributed by atoms with Gasteiger partial charge in [0.25, 0.3) is 0 Å². The fourth-order valence-corrected chi connectivity index (χ4v) is 2.79. The van der Waals surface area contributed by atoms with Gasteiger partial charge in [0.2, 0.25) is 0 Å². The van der Waals surface area contributed by atoms with E-state index >= 15 is 0 Å². The molecule has 0 saturated carbocycles. The van der Waals surface area contributed by atoms with E-state index in [-0.39, 0.29) is 0 Å². The fraction of sp³-hybridized carbons (Fsp3) is 0.600. The van der Waals surface area contributed by atoms with Crippen LogP contribution in [0.25, 0.3) is 0 Å². The van der Waals surface area contributed by atoms with Gasteiger partial charge in [-0.3, -0.25) is 0 Å². The standard InChI is InChI=1S/C20H30/c1-4-7-9-11-13-19(12-10-8-5-2)20-16-14-18(6-3)15-17-20/h3,14-17,19H,4-5,7-13H2,1-2H3. The van der Waals surface area contributed by atoms with Crippen molar-refractivity contribution in [3.05, 3.63) is 35.4 Å². The van der Waals surface area contributed by atoms with Gasteiger partial charge in [0.05, 0.1) is 0 Å². The van der Waals surface area contributed by atoms with Crippen LogP contribution in [0.1, 0.15) is 88.7 Å². The third-order valence-corrected chi connectivity index (χ3v) is 4.11. The second kappa shape index (κ2) is 10.6. The van der Waals surface area contributed by atoms with Crippen molar-refractivity contribution in [3.8, 4) is 12.3 Å². The highest BCUT2D eigenvalue weighted by molar-refractivity contribution is 5.35. The SMILES string of the molecule is C#Cc1ccc(C(CCCCC)CCCCCC)cc1. The lowest BCUT2D eigenvalue weighted by molar-refractivity contribution is 0.501. The first kappa shape index (κ1) is 16.8. The van der Waals surface area contributed by atoms with Gasteiger partial charge in [-0.15, -0.1) is 6.42 Å². The molecule has 0 nitrogen and oxygen atoms in total. The van der Waals surface area contributed by atoms with Crippen LogP contribution in [0.2, 0.25) is 0 Å². The second-order valence-electron chi connectivity index (χ2n) is 5.81. The molecule has 0 spiro atoms. The molecule has 0 N–H and O–H groups in total. The first-order valence-corrected chi connectivity index (χ1v) is 8.38. The first-order valence-electron chi connectivity index (χ1n) is 8.38. The molecule has 1 aromatic carbocycles. The Morgan fingerprint density at radius 1 is 0.850 bits per heavy atom. The zero-order chi connectivity index (χ0) is 14.6. The zero-order valence-electron chi connectivity index (χ0n) is 13.3. The van der Waals surface area contributed by atoms with Crippen LogP contribution in [0.3, 0.4) is 0 Å². The molecule has 0 aliphatic heterocycles. The van der Waals surface area contributed by atoms with Crippen molar-refractivity contribution >= 4 is 0 Å². The average molecular weight is 270 g/mol. The molecule has 0 heterocycles. The van der Waals surface area contributed by atoms with E-state index in [0.29, 0.717) is 0 Å². The normalized spacial score (nSPS) is 12.1. The van der Waals surface area contributed by atoms with Crippen LogP contribution < -0.4 is 0 Å². The van der Waals surface area contributed by atoms with E-state index in [9.17, 15) is 0 Å². The molecule has 0 aromatic heterocycles. The molecule has 1 aromatic rings. The summed E-state index contributed by atoms with van der Waals surface area (Å²) in [5, 5.41) is 0. The molecule has 1 unspecified atom stereocenters. The summed E-state index contributed by atoms with van der Waals surface area (Å²) < 4.78 is 0. The van der Waals surface area contributed by atoms with Crippen molar-refractivity contribution in [2.24, 2.45) is 0 Å². The summed E-state index contributed by atoms with van der Waals surface area (Å²) in [6.07, 6.45) is 17.5. The maximum absolute atomic E-state index is 5.44. The summed E-state index contributed by atoms with van der Waals surface area (Å²) >= 11 is 0. The van der Waals surface area contributed by atoms with Gasteiger partial charge in [0.1, 0.15) is 0 Å². The van der Waals surface area contributed by atoms with Gasteiger partial charge in [-0.1, -0.05) is 76.8 Å². The van der Waals surface area contributed by atoms with Gasteiger partial charge < -0.3 is 0 Å². The quantitative estimate of drug-likeness (QED) is 0.345. The minimum atomic E-state index is 0.727. The van der Waals surface area contributed by atoms with Gasteiger partial charge in [0.15, 0.2) is 0 Å². The van der Waals surface area contributed by atoms with Crippen LogP contribution >= 0.6 is 0 Å². The minimum absolute atomic E-state index is 0.727. The summed E-state index contributed by atoms with van der Waals surface area (Å²) in [6.45, 7) is 4.55. The molecular formula is C20H30. The lowest BCUT2D eigenvalue weighted by Crippen LogP contribution is -2.00. The van der Waals surface area contributed by atoms with E-state index in [2.05, 4.69) is 44.0 Å². The van der Waals surface area contributed by atoms with Crippen molar-refractivity contribution < 1.29 is 0 Å². The highest BCUT2D eigenvalue weighted by atomic mass is 14.2. The van der Waals surface area contributed by atoms with Gasteiger partial charge in [-0.2, -0.15) is 0 Å². The van der Waals surface area contributed by atoms with Crippen molar-refractivity contribution in [1.29, 1.82) is 0 Å². The Bertz CT molecular complexity index is 379. The molecule has 1 rings (SSSR count). The summed E-state index contributed by atoms with van der Waals surface area (Å²) in [6, 6.07) is 8.67. The molecule has 0 fully saturated rings. The molecule has 0 aliphatic carbocycles. The number of hydrogen-bond donors (Lipinski definition) is 0. The lowest BCUT2D eigenvalue weighted by Gasteiger charge is -2.17. The summed E-state index contributed by atoms with van der Waals surface area (Å²) in [7, 11) is 0. The van der Waals surface area contributed by atoms with Gasteiger partial charge in [0, 0.05) is 5.56 Å². The van der Waals surface area contributed by atoms with Crippen LogP contribution in [-0.2, 0) is 0 Å². The monoisotopic (exact) mass is 270 g/mol. The van der Waals surface area contributed by atoms with Crippen LogP contribution in [0.4, 0.5) is 0 Å². The maximum atomic E-state index is 5.44. The Labute approximate surface area is 126 Å². The van der Waals surface area contributed by atoms with E-state index in [1.807, 2.05) is 0 Å². The van der Waals surface area contributed by atoms with Gasteiger partial charge >= 0.3 is 0 Å². The van der Waals surface area contributed by atoms with Gasteiger partial charge in [-0.05, 0) is 36.5 Å². The lowest BCUT2D eigenvalue weighted by atomic mass is 9.88. The van der Waals surface area contributed by atoms with Crippen LogP contribution in [0.5, 0.6) is 0 Å². The van der Waals surface area contributed by atoms with Crippen LogP contribution in [-0.4, -0.2) is 0 Å². The molecule has 0 aliphatic rings. The predicted molar refractivity (Wildman–Crippen MR) is 90.0 cm³/mol. The Hall–Kier alpha value is -1.22. The topological polar surface area (TPSA) is 0 Å². The Morgan fingerprint density at radius 3 is 1.95 bits per heavy atom. The molecule has 0 amide bonds. The summed E-state index contributed by atoms with van der Waals surface area (Å²) in [4.78, 5) is 0. The number of benzene rings is 1. The highest BCUT2D eigenvalue weighted by Gasteiger charge is 2.11. The molecule has 0 saturated heterocycles. The third-order valence-electron chi connectivity index (χ3n) is 4.11. The predicted octanol–water partition coefficient (Wildman–Crippen LogP) is 6.30. The van der Waals surface area contributed by atoms with Crippen molar-refractivity contribution in [1.82, 2.24) is 0 Å². The average Bonchev–Trinajstić information content (AvgIpc) is 2.50. The molecule has 1 atom stereocenters. The Balaban J connectivity index is 2.57. The number of unbranched alkanes of at least 4 members (excludes halogenated alkanes) is 5. The smallest absolute Gasteiger partial charge is 0.0242 e. The molecule has 110 valence electrons. The molecule has 0 radical (unpaired) electrons. The van der Waals surface area contributed by atoms with Gasteiger partial charge in [-0.25, -0.2) is 0 Å². The third kappa shape index (κ3) is 6.29.